The third kappa shape index (κ3) is 2.31. The molecule has 1 aromatic heterocycles. The lowest BCUT2D eigenvalue weighted by Crippen LogP contribution is -2.37. The lowest BCUT2D eigenvalue weighted by Gasteiger charge is -2.05. The maximum Gasteiger partial charge on any atom is 0.267 e. The van der Waals surface area contributed by atoms with Gasteiger partial charge < -0.3 is 11.1 Å². The van der Waals surface area contributed by atoms with Crippen LogP contribution in [0.25, 0.3) is 0 Å². The molecule has 1 aliphatic heterocycles. The minimum Gasteiger partial charge on any atom is -0.368 e. The fourth-order valence-corrected chi connectivity index (χ4v) is 2.35. The number of primary amides is 1. The van der Waals surface area contributed by atoms with Crippen LogP contribution in [0.2, 0.25) is 0 Å². The first-order valence-electron chi connectivity index (χ1n) is 4.88. The zero-order valence-corrected chi connectivity index (χ0v) is 9.62. The highest BCUT2D eigenvalue weighted by Crippen LogP contribution is 2.20. The molecule has 8 heteroatoms. The number of fused-ring (bicyclic) bond motifs is 1. The minimum atomic E-state index is -0.664. The number of nitrogens with zero attached hydrogens (tertiary/aromatic N) is 2. The maximum atomic E-state index is 11.9. The summed E-state index contributed by atoms with van der Waals surface area (Å²) >= 11 is 1.47. The molecule has 90 valence electrons. The predicted octanol–water partition coefficient (Wildman–Crippen LogP) is -1.44. The van der Waals surface area contributed by atoms with Crippen molar-refractivity contribution in [3.8, 4) is 0 Å². The van der Waals surface area contributed by atoms with Gasteiger partial charge in [0.15, 0.2) is 5.16 Å². The van der Waals surface area contributed by atoms with E-state index in [1.807, 2.05) is 0 Å². The van der Waals surface area contributed by atoms with E-state index >= 15 is 0 Å². The fraction of sp³-hybridized carbons (Fsp3) is 0.333. The van der Waals surface area contributed by atoms with Crippen molar-refractivity contribution in [1.82, 2.24) is 14.9 Å². The summed E-state index contributed by atoms with van der Waals surface area (Å²) in [6, 6.07) is 0. The number of aromatic nitrogens is 2. The summed E-state index contributed by atoms with van der Waals surface area (Å²) in [4.78, 5) is 38.0. The second kappa shape index (κ2) is 4.58. The maximum absolute atomic E-state index is 11.9. The van der Waals surface area contributed by atoms with Gasteiger partial charge in [0.25, 0.3) is 11.5 Å². The fourth-order valence-electron chi connectivity index (χ4n) is 1.44. The normalized spacial score (nSPS) is 13.2. The molecule has 0 aliphatic carbocycles. The van der Waals surface area contributed by atoms with Gasteiger partial charge in [-0.3, -0.25) is 19.0 Å². The van der Waals surface area contributed by atoms with E-state index in [9.17, 15) is 14.4 Å². The zero-order valence-electron chi connectivity index (χ0n) is 8.80. The Morgan fingerprint density at radius 3 is 3.06 bits per heavy atom. The smallest absolute Gasteiger partial charge is 0.267 e. The Labute approximate surface area is 100 Å². The molecule has 2 amide bonds. The van der Waals surface area contributed by atoms with Crippen LogP contribution in [-0.4, -0.2) is 33.7 Å². The van der Waals surface area contributed by atoms with Gasteiger partial charge in [-0.15, -0.1) is 0 Å². The van der Waals surface area contributed by atoms with Crippen molar-refractivity contribution in [2.24, 2.45) is 5.73 Å². The second-order valence-electron chi connectivity index (χ2n) is 3.41. The molecule has 0 saturated carbocycles. The van der Waals surface area contributed by atoms with E-state index in [4.69, 9.17) is 5.73 Å². The first-order valence-corrected chi connectivity index (χ1v) is 5.87. The number of rotatable bonds is 3. The van der Waals surface area contributed by atoms with Gasteiger partial charge in [0.1, 0.15) is 5.56 Å². The summed E-state index contributed by atoms with van der Waals surface area (Å²) in [5.41, 5.74) is 4.43. The van der Waals surface area contributed by atoms with Gasteiger partial charge in [-0.2, -0.15) is 0 Å². The number of hydrogen-bond donors (Lipinski definition) is 2. The van der Waals surface area contributed by atoms with Crippen molar-refractivity contribution >= 4 is 23.6 Å². The van der Waals surface area contributed by atoms with Crippen molar-refractivity contribution < 1.29 is 9.59 Å². The van der Waals surface area contributed by atoms with Gasteiger partial charge >= 0.3 is 0 Å². The topological polar surface area (TPSA) is 107 Å². The van der Waals surface area contributed by atoms with E-state index in [1.54, 1.807) is 0 Å². The van der Waals surface area contributed by atoms with E-state index in [0.29, 0.717) is 11.7 Å². The monoisotopic (exact) mass is 254 g/mol. The highest BCUT2D eigenvalue weighted by Gasteiger charge is 2.19. The summed E-state index contributed by atoms with van der Waals surface area (Å²) < 4.78 is 1.45. The average Bonchev–Trinajstić information content (AvgIpc) is 2.75. The number of carbonyl (C=O) groups is 2. The number of amides is 2. The van der Waals surface area contributed by atoms with E-state index in [0.717, 1.165) is 5.75 Å². The third-order valence-electron chi connectivity index (χ3n) is 2.22. The number of carbonyl (C=O) groups excluding carboxylic acids is 2. The highest BCUT2D eigenvalue weighted by atomic mass is 32.2. The van der Waals surface area contributed by atoms with Crippen LogP contribution in [0.5, 0.6) is 0 Å². The Morgan fingerprint density at radius 1 is 1.59 bits per heavy atom. The van der Waals surface area contributed by atoms with Crippen LogP contribution < -0.4 is 16.6 Å². The molecule has 0 spiro atoms. The van der Waals surface area contributed by atoms with Crippen molar-refractivity contribution in [2.75, 3.05) is 12.3 Å². The molecule has 0 fully saturated rings. The molecule has 1 aromatic rings. The van der Waals surface area contributed by atoms with Crippen LogP contribution in [0.1, 0.15) is 10.4 Å². The standard InChI is InChI=1S/C9H10N4O3S/c10-6(14)4-11-7(15)5-3-12-9-13(8(5)16)1-2-17-9/h3H,1-2,4H2,(H2,10,14)(H,11,15). The Balaban J connectivity index is 2.25. The molecule has 0 unspecified atom stereocenters. The summed E-state index contributed by atoms with van der Waals surface area (Å²) in [5, 5.41) is 2.87. The van der Waals surface area contributed by atoms with E-state index in [-0.39, 0.29) is 17.7 Å². The van der Waals surface area contributed by atoms with Crippen molar-refractivity contribution in [3.63, 3.8) is 0 Å². The van der Waals surface area contributed by atoms with Gasteiger partial charge in [0.05, 0.1) is 6.54 Å². The molecule has 2 heterocycles. The van der Waals surface area contributed by atoms with Gasteiger partial charge in [-0.25, -0.2) is 4.98 Å². The van der Waals surface area contributed by atoms with Crippen LogP contribution in [0.4, 0.5) is 0 Å². The Hall–Kier alpha value is -1.83. The number of nitrogens with one attached hydrogen (secondary N) is 1. The van der Waals surface area contributed by atoms with E-state index in [1.165, 1.54) is 22.5 Å². The molecule has 0 atom stereocenters. The van der Waals surface area contributed by atoms with Gasteiger partial charge in [-0.05, 0) is 0 Å². The Bertz CT molecular complexity index is 540. The van der Waals surface area contributed by atoms with Crippen molar-refractivity contribution in [1.29, 1.82) is 0 Å². The minimum absolute atomic E-state index is 0.0718. The van der Waals surface area contributed by atoms with Crippen LogP contribution in [0, 0.1) is 0 Å². The lowest BCUT2D eigenvalue weighted by molar-refractivity contribution is -0.117. The Morgan fingerprint density at radius 2 is 2.35 bits per heavy atom. The van der Waals surface area contributed by atoms with Crippen molar-refractivity contribution in [2.45, 2.75) is 11.7 Å². The lowest BCUT2D eigenvalue weighted by atomic mass is 10.3. The van der Waals surface area contributed by atoms with Crippen LogP contribution >= 0.6 is 11.8 Å². The number of hydrogen-bond acceptors (Lipinski definition) is 5. The molecular weight excluding hydrogens is 244 g/mol. The largest absolute Gasteiger partial charge is 0.368 e. The highest BCUT2D eigenvalue weighted by molar-refractivity contribution is 7.99. The molecule has 1 aliphatic rings. The van der Waals surface area contributed by atoms with E-state index in [2.05, 4.69) is 10.3 Å². The first kappa shape index (κ1) is 11.6. The predicted molar refractivity (Wildman–Crippen MR) is 60.7 cm³/mol. The molecule has 3 N–H and O–H groups in total. The zero-order chi connectivity index (χ0) is 12.4. The summed E-state index contributed by atoms with van der Waals surface area (Å²) in [5.74, 6) is -0.522. The number of nitrogens with two attached hydrogens (primary N) is 1. The molecule has 17 heavy (non-hydrogen) atoms. The quantitative estimate of drug-likeness (QED) is 0.643. The van der Waals surface area contributed by atoms with Crippen LogP contribution in [0.15, 0.2) is 16.1 Å². The van der Waals surface area contributed by atoms with Gasteiger partial charge in [0.2, 0.25) is 5.91 Å². The summed E-state index contributed by atoms with van der Waals surface area (Å²) in [7, 11) is 0. The van der Waals surface area contributed by atoms with Crippen LogP contribution in [0.3, 0.4) is 0 Å². The first-order chi connectivity index (χ1) is 8.09. The molecule has 0 aromatic carbocycles. The molecule has 0 saturated heterocycles. The Kier molecular flexibility index (Phi) is 3.14. The summed E-state index contributed by atoms with van der Waals surface area (Å²) in [6.07, 6.45) is 1.23. The molecule has 7 nitrogen and oxygen atoms in total. The van der Waals surface area contributed by atoms with Crippen LogP contribution in [-0.2, 0) is 11.3 Å². The molecule has 0 bridgehead atoms. The SMILES string of the molecule is NC(=O)CNC(=O)c1cnc2n(c1=O)CCS2. The van der Waals surface area contributed by atoms with Crippen molar-refractivity contribution in [3.05, 3.63) is 22.1 Å². The molecular formula is C9H10N4O3S. The molecule has 2 rings (SSSR count). The van der Waals surface area contributed by atoms with Gasteiger partial charge in [-0.1, -0.05) is 11.8 Å². The van der Waals surface area contributed by atoms with Gasteiger partial charge in [0, 0.05) is 18.5 Å². The third-order valence-corrected chi connectivity index (χ3v) is 3.20. The van der Waals surface area contributed by atoms with E-state index < -0.39 is 11.8 Å². The summed E-state index contributed by atoms with van der Waals surface area (Å²) in [6.45, 7) is 0.248. The second-order valence-corrected chi connectivity index (χ2v) is 4.47. The average molecular weight is 254 g/mol. The number of thioether (sulfide) groups is 1. The molecule has 0 radical (unpaired) electrons.